The van der Waals surface area contributed by atoms with Crippen LogP contribution in [0.1, 0.15) is 25.7 Å². The highest BCUT2D eigenvalue weighted by Gasteiger charge is 2.46. The minimum absolute atomic E-state index is 0.150. The average Bonchev–Trinajstić information content (AvgIpc) is 2.33. The van der Waals surface area contributed by atoms with Crippen molar-refractivity contribution in [1.29, 1.82) is 0 Å². The molecular weight excluding hydrogens is 174 g/mol. The summed E-state index contributed by atoms with van der Waals surface area (Å²) in [5, 5.41) is 17.4. The zero-order chi connectivity index (χ0) is 10.1. The minimum atomic E-state index is -1.32. The first-order valence-corrected chi connectivity index (χ1v) is 4.21. The second-order valence-electron chi connectivity index (χ2n) is 3.53. The minimum Gasteiger partial charge on any atom is -0.481 e. The van der Waals surface area contributed by atoms with Crippen molar-refractivity contribution in [1.82, 2.24) is 0 Å². The highest BCUT2D eigenvalue weighted by molar-refractivity contribution is 5.80. The van der Waals surface area contributed by atoms with E-state index in [1.54, 1.807) is 0 Å². The van der Waals surface area contributed by atoms with E-state index in [1.807, 2.05) is 0 Å². The fourth-order valence-corrected chi connectivity index (χ4v) is 1.88. The van der Waals surface area contributed by atoms with Crippen LogP contribution in [0.15, 0.2) is 0 Å². The van der Waals surface area contributed by atoms with Crippen LogP contribution in [0.5, 0.6) is 0 Å². The molecule has 0 bridgehead atoms. The van der Waals surface area contributed by atoms with Crippen LogP contribution < -0.4 is 5.73 Å². The quantitative estimate of drug-likeness (QED) is 0.579. The van der Waals surface area contributed by atoms with Crippen molar-refractivity contribution in [2.45, 2.75) is 31.2 Å². The standard InChI is InChI=1S/C8H13NO4/c9-8(7(12)13)3-1-2-5(8)4-6(10)11/h5H,1-4,9H2,(H,10,11)(H,12,13)/t5-,8-/m1/s1. The number of hydrogen-bond acceptors (Lipinski definition) is 3. The van der Waals surface area contributed by atoms with Gasteiger partial charge in [0.25, 0.3) is 0 Å². The molecule has 1 aliphatic rings. The van der Waals surface area contributed by atoms with Gasteiger partial charge >= 0.3 is 11.9 Å². The van der Waals surface area contributed by atoms with Gasteiger partial charge in [-0.05, 0) is 18.8 Å². The van der Waals surface area contributed by atoms with E-state index in [2.05, 4.69) is 0 Å². The summed E-state index contributed by atoms with van der Waals surface area (Å²) in [6.07, 6.45) is 1.51. The Hall–Kier alpha value is -1.10. The number of nitrogens with two attached hydrogens (primary N) is 1. The highest BCUT2D eigenvalue weighted by atomic mass is 16.4. The molecule has 74 valence electrons. The molecule has 0 aromatic heterocycles. The van der Waals surface area contributed by atoms with Gasteiger partial charge in [-0.15, -0.1) is 0 Å². The maximum atomic E-state index is 10.8. The Balaban J connectivity index is 2.73. The molecule has 0 amide bonds. The molecule has 1 saturated carbocycles. The maximum absolute atomic E-state index is 10.8. The van der Waals surface area contributed by atoms with Gasteiger partial charge in [-0.1, -0.05) is 6.42 Å². The Bertz CT molecular complexity index is 240. The van der Waals surface area contributed by atoms with Gasteiger partial charge < -0.3 is 15.9 Å². The highest BCUT2D eigenvalue weighted by Crippen LogP contribution is 2.36. The number of carboxylic acid groups (broad SMARTS) is 2. The van der Waals surface area contributed by atoms with Gasteiger partial charge in [0, 0.05) is 0 Å². The van der Waals surface area contributed by atoms with Crippen LogP contribution in [0, 0.1) is 5.92 Å². The topological polar surface area (TPSA) is 101 Å². The molecule has 0 aromatic carbocycles. The summed E-state index contributed by atoms with van der Waals surface area (Å²) < 4.78 is 0. The van der Waals surface area contributed by atoms with Crippen molar-refractivity contribution in [3.05, 3.63) is 0 Å². The summed E-state index contributed by atoms with van der Waals surface area (Å²) in [7, 11) is 0. The van der Waals surface area contributed by atoms with Crippen molar-refractivity contribution in [2.24, 2.45) is 11.7 Å². The van der Waals surface area contributed by atoms with E-state index in [0.29, 0.717) is 19.3 Å². The van der Waals surface area contributed by atoms with Gasteiger partial charge in [0.1, 0.15) is 5.54 Å². The smallest absolute Gasteiger partial charge is 0.323 e. The lowest BCUT2D eigenvalue weighted by atomic mass is 9.86. The monoisotopic (exact) mass is 187 g/mol. The van der Waals surface area contributed by atoms with E-state index in [-0.39, 0.29) is 6.42 Å². The van der Waals surface area contributed by atoms with Crippen molar-refractivity contribution < 1.29 is 19.8 Å². The maximum Gasteiger partial charge on any atom is 0.323 e. The number of rotatable bonds is 3. The normalized spacial score (nSPS) is 33.2. The third kappa shape index (κ3) is 1.80. The Labute approximate surface area is 75.5 Å². The molecule has 0 heterocycles. The van der Waals surface area contributed by atoms with Gasteiger partial charge in [0.2, 0.25) is 0 Å². The molecule has 0 saturated heterocycles. The average molecular weight is 187 g/mol. The Kier molecular flexibility index (Phi) is 2.56. The molecule has 1 rings (SSSR count). The predicted octanol–water partition coefficient (Wildman–Crippen LogP) is 0.0433. The van der Waals surface area contributed by atoms with Crippen LogP contribution in [-0.2, 0) is 9.59 Å². The second kappa shape index (κ2) is 3.33. The van der Waals surface area contributed by atoms with E-state index in [0.717, 1.165) is 0 Å². The van der Waals surface area contributed by atoms with E-state index >= 15 is 0 Å². The Morgan fingerprint density at radius 2 is 2.08 bits per heavy atom. The fraction of sp³-hybridized carbons (Fsp3) is 0.750. The summed E-state index contributed by atoms with van der Waals surface area (Å²) in [5.41, 5.74) is 4.31. The largest absolute Gasteiger partial charge is 0.481 e. The lowest BCUT2D eigenvalue weighted by Crippen LogP contribution is -2.51. The van der Waals surface area contributed by atoms with Gasteiger partial charge in [0.05, 0.1) is 6.42 Å². The van der Waals surface area contributed by atoms with E-state index in [9.17, 15) is 9.59 Å². The van der Waals surface area contributed by atoms with Crippen LogP contribution in [-0.4, -0.2) is 27.7 Å². The zero-order valence-corrected chi connectivity index (χ0v) is 7.19. The summed E-state index contributed by atoms with van der Waals surface area (Å²) in [6.45, 7) is 0. The molecule has 0 radical (unpaired) electrons. The molecule has 5 nitrogen and oxygen atoms in total. The van der Waals surface area contributed by atoms with E-state index < -0.39 is 23.4 Å². The van der Waals surface area contributed by atoms with Crippen LogP contribution in [0.2, 0.25) is 0 Å². The van der Waals surface area contributed by atoms with Crippen LogP contribution in [0.4, 0.5) is 0 Å². The van der Waals surface area contributed by atoms with Crippen molar-refractivity contribution in [3.8, 4) is 0 Å². The number of hydrogen-bond donors (Lipinski definition) is 3. The second-order valence-corrected chi connectivity index (χ2v) is 3.53. The summed E-state index contributed by atoms with van der Waals surface area (Å²) >= 11 is 0. The molecule has 0 spiro atoms. The SMILES string of the molecule is N[C@]1(C(=O)O)CCC[C@@H]1CC(=O)O. The molecule has 4 N–H and O–H groups in total. The van der Waals surface area contributed by atoms with Crippen LogP contribution >= 0.6 is 0 Å². The lowest BCUT2D eigenvalue weighted by molar-refractivity contribution is -0.146. The summed E-state index contributed by atoms with van der Waals surface area (Å²) in [6, 6.07) is 0. The first kappa shape index (κ1) is 9.98. The third-order valence-corrected chi connectivity index (χ3v) is 2.69. The Morgan fingerprint density at radius 1 is 1.46 bits per heavy atom. The number of aliphatic carboxylic acids is 2. The Morgan fingerprint density at radius 3 is 2.54 bits per heavy atom. The number of carbonyl (C=O) groups is 2. The first-order valence-electron chi connectivity index (χ1n) is 4.21. The molecule has 1 fully saturated rings. The van der Waals surface area contributed by atoms with Crippen LogP contribution in [0.3, 0.4) is 0 Å². The predicted molar refractivity (Wildman–Crippen MR) is 44.1 cm³/mol. The zero-order valence-electron chi connectivity index (χ0n) is 7.19. The fourth-order valence-electron chi connectivity index (χ4n) is 1.88. The van der Waals surface area contributed by atoms with Crippen LogP contribution in [0.25, 0.3) is 0 Å². The third-order valence-electron chi connectivity index (χ3n) is 2.69. The summed E-state index contributed by atoms with van der Waals surface area (Å²) in [5.74, 6) is -2.50. The molecule has 13 heavy (non-hydrogen) atoms. The molecule has 0 aromatic rings. The molecule has 5 heteroatoms. The van der Waals surface area contributed by atoms with E-state index in [4.69, 9.17) is 15.9 Å². The van der Waals surface area contributed by atoms with E-state index in [1.165, 1.54) is 0 Å². The van der Waals surface area contributed by atoms with Gasteiger partial charge in [-0.2, -0.15) is 0 Å². The first-order chi connectivity index (χ1) is 5.97. The molecule has 0 unspecified atom stereocenters. The van der Waals surface area contributed by atoms with Crippen molar-refractivity contribution in [3.63, 3.8) is 0 Å². The lowest BCUT2D eigenvalue weighted by Gasteiger charge is -2.25. The summed E-state index contributed by atoms with van der Waals surface area (Å²) in [4.78, 5) is 21.2. The van der Waals surface area contributed by atoms with Crippen molar-refractivity contribution in [2.75, 3.05) is 0 Å². The molecular formula is C8H13NO4. The molecule has 1 aliphatic carbocycles. The van der Waals surface area contributed by atoms with Gasteiger partial charge in [-0.3, -0.25) is 9.59 Å². The number of carboxylic acids is 2. The van der Waals surface area contributed by atoms with Gasteiger partial charge in [0.15, 0.2) is 0 Å². The molecule has 0 aliphatic heterocycles. The molecule has 2 atom stereocenters. The van der Waals surface area contributed by atoms with Crippen molar-refractivity contribution >= 4 is 11.9 Å². The van der Waals surface area contributed by atoms with Gasteiger partial charge in [-0.25, -0.2) is 0 Å².